The fraction of sp³-hybridized carbons (Fsp3) is 1.00. The lowest BCUT2D eigenvalue weighted by Crippen LogP contribution is -2.56. The van der Waals surface area contributed by atoms with Crippen molar-refractivity contribution in [3.8, 4) is 0 Å². The minimum atomic E-state index is -3.47. The van der Waals surface area contributed by atoms with Crippen LogP contribution in [0, 0.1) is 5.41 Å². The van der Waals surface area contributed by atoms with E-state index in [-0.39, 0.29) is 11.5 Å². The molecular formula is C14H31N3O2S. The van der Waals surface area contributed by atoms with Gasteiger partial charge in [0.1, 0.15) is 0 Å². The van der Waals surface area contributed by atoms with Crippen LogP contribution in [-0.4, -0.2) is 37.4 Å². The summed E-state index contributed by atoms with van der Waals surface area (Å²) in [5.74, 6) is 0. The van der Waals surface area contributed by atoms with Gasteiger partial charge in [-0.2, -0.15) is 17.4 Å². The van der Waals surface area contributed by atoms with E-state index >= 15 is 0 Å². The van der Waals surface area contributed by atoms with Crippen LogP contribution in [0.5, 0.6) is 0 Å². The first-order valence-corrected chi connectivity index (χ1v) is 8.92. The molecule has 1 rings (SSSR count). The van der Waals surface area contributed by atoms with Gasteiger partial charge in [-0.1, -0.05) is 27.2 Å². The summed E-state index contributed by atoms with van der Waals surface area (Å²) in [6.45, 7) is 11.2. The number of nitrogens with two attached hydrogens (primary N) is 1. The second kappa shape index (κ2) is 6.30. The molecule has 0 radical (unpaired) electrons. The Morgan fingerprint density at radius 2 is 1.80 bits per heavy atom. The topological polar surface area (TPSA) is 75.4 Å². The summed E-state index contributed by atoms with van der Waals surface area (Å²) in [7, 11) is -3.47. The van der Waals surface area contributed by atoms with Crippen molar-refractivity contribution in [1.82, 2.24) is 9.03 Å². The second-order valence-corrected chi connectivity index (χ2v) is 9.35. The molecule has 0 saturated carbocycles. The van der Waals surface area contributed by atoms with Crippen molar-refractivity contribution < 1.29 is 8.42 Å². The van der Waals surface area contributed by atoms with Gasteiger partial charge < -0.3 is 5.73 Å². The number of hydrogen-bond donors (Lipinski definition) is 2. The van der Waals surface area contributed by atoms with Crippen molar-refractivity contribution in [2.75, 3.05) is 13.1 Å². The second-order valence-electron chi connectivity index (χ2n) is 7.72. The molecule has 0 amide bonds. The molecule has 0 spiro atoms. The van der Waals surface area contributed by atoms with Gasteiger partial charge in [-0.15, -0.1) is 0 Å². The number of nitrogens with zero attached hydrogens (tertiary/aromatic N) is 1. The predicted molar refractivity (Wildman–Crippen MR) is 83.6 cm³/mol. The minimum Gasteiger partial charge on any atom is -0.329 e. The molecule has 120 valence electrons. The zero-order chi connectivity index (χ0) is 15.6. The highest BCUT2D eigenvalue weighted by molar-refractivity contribution is 7.87. The number of nitrogens with one attached hydrogen (secondary N) is 1. The third-order valence-electron chi connectivity index (χ3n) is 3.53. The van der Waals surface area contributed by atoms with Crippen molar-refractivity contribution in [2.45, 2.75) is 71.9 Å². The maximum atomic E-state index is 12.6. The summed E-state index contributed by atoms with van der Waals surface area (Å²) in [6.07, 6.45) is 3.61. The summed E-state index contributed by atoms with van der Waals surface area (Å²) in [4.78, 5) is 0. The van der Waals surface area contributed by atoms with E-state index < -0.39 is 15.7 Å². The predicted octanol–water partition coefficient (Wildman–Crippen LogP) is 1.85. The van der Waals surface area contributed by atoms with Gasteiger partial charge in [0.2, 0.25) is 0 Å². The monoisotopic (exact) mass is 305 g/mol. The van der Waals surface area contributed by atoms with Crippen molar-refractivity contribution in [1.29, 1.82) is 0 Å². The summed E-state index contributed by atoms with van der Waals surface area (Å²) < 4.78 is 29.7. The van der Waals surface area contributed by atoms with Gasteiger partial charge in [0.25, 0.3) is 10.2 Å². The van der Waals surface area contributed by atoms with Crippen molar-refractivity contribution >= 4 is 10.2 Å². The fourth-order valence-corrected chi connectivity index (χ4v) is 5.14. The van der Waals surface area contributed by atoms with Crippen molar-refractivity contribution in [2.24, 2.45) is 11.1 Å². The number of hydrogen-bond acceptors (Lipinski definition) is 3. The van der Waals surface area contributed by atoms with Crippen LogP contribution in [0.1, 0.15) is 60.3 Å². The van der Waals surface area contributed by atoms with Gasteiger partial charge in [-0.3, -0.25) is 0 Å². The fourth-order valence-electron chi connectivity index (χ4n) is 3.30. The standard InChI is InChI=1S/C14H31N3O2S/c1-13(2,3)11-14(4,5)16-20(18,19)17-9-7-6-8-12(17)10-15/h12,16H,6-11,15H2,1-5H3. The van der Waals surface area contributed by atoms with Gasteiger partial charge in [0, 0.05) is 24.7 Å². The van der Waals surface area contributed by atoms with E-state index in [1.54, 1.807) is 4.31 Å². The highest BCUT2D eigenvalue weighted by Crippen LogP contribution is 2.28. The normalized spacial score (nSPS) is 23.0. The number of rotatable bonds is 5. The molecule has 0 bridgehead atoms. The summed E-state index contributed by atoms with van der Waals surface area (Å²) in [5.41, 5.74) is 5.33. The Morgan fingerprint density at radius 1 is 1.20 bits per heavy atom. The van der Waals surface area contributed by atoms with E-state index in [0.717, 1.165) is 25.7 Å². The average molecular weight is 305 g/mol. The van der Waals surface area contributed by atoms with Crippen LogP contribution in [0.2, 0.25) is 0 Å². The molecule has 1 saturated heterocycles. The molecule has 0 aromatic heterocycles. The largest absolute Gasteiger partial charge is 0.329 e. The summed E-state index contributed by atoms with van der Waals surface area (Å²) in [5, 5.41) is 0. The average Bonchev–Trinajstić information content (AvgIpc) is 2.24. The Bertz CT molecular complexity index is 413. The molecule has 6 heteroatoms. The van der Waals surface area contributed by atoms with Gasteiger partial charge in [0.05, 0.1) is 0 Å². The first-order valence-electron chi connectivity index (χ1n) is 7.48. The Balaban J connectivity index is 2.82. The zero-order valence-electron chi connectivity index (χ0n) is 13.6. The molecule has 1 atom stereocenters. The molecule has 20 heavy (non-hydrogen) atoms. The molecule has 1 aliphatic heterocycles. The Labute approximate surface area is 124 Å². The van der Waals surface area contributed by atoms with Crippen LogP contribution in [0.4, 0.5) is 0 Å². The van der Waals surface area contributed by atoms with Gasteiger partial charge in [0.15, 0.2) is 0 Å². The first kappa shape index (κ1) is 17.9. The third-order valence-corrected chi connectivity index (χ3v) is 5.44. The molecule has 5 nitrogen and oxygen atoms in total. The van der Waals surface area contributed by atoms with Crippen LogP contribution in [0.15, 0.2) is 0 Å². The minimum absolute atomic E-state index is 0.0633. The molecule has 0 aliphatic carbocycles. The van der Waals surface area contributed by atoms with E-state index in [9.17, 15) is 8.42 Å². The van der Waals surface area contributed by atoms with Crippen molar-refractivity contribution in [3.63, 3.8) is 0 Å². The van der Waals surface area contributed by atoms with Crippen LogP contribution >= 0.6 is 0 Å². The molecule has 1 heterocycles. The lowest BCUT2D eigenvalue weighted by Gasteiger charge is -2.38. The maximum Gasteiger partial charge on any atom is 0.280 e. The SMILES string of the molecule is CC(C)(C)CC(C)(C)NS(=O)(=O)N1CCCCC1CN. The zero-order valence-corrected chi connectivity index (χ0v) is 14.4. The van der Waals surface area contributed by atoms with E-state index in [4.69, 9.17) is 5.73 Å². The van der Waals surface area contributed by atoms with Crippen LogP contribution in [0.25, 0.3) is 0 Å². The van der Waals surface area contributed by atoms with Crippen LogP contribution in [0.3, 0.4) is 0 Å². The number of piperidine rings is 1. The van der Waals surface area contributed by atoms with Gasteiger partial charge >= 0.3 is 0 Å². The van der Waals surface area contributed by atoms with E-state index in [1.165, 1.54) is 0 Å². The Hall–Kier alpha value is -0.170. The van der Waals surface area contributed by atoms with E-state index in [2.05, 4.69) is 25.5 Å². The highest BCUT2D eigenvalue weighted by Gasteiger charge is 2.36. The lowest BCUT2D eigenvalue weighted by atomic mass is 9.82. The lowest BCUT2D eigenvalue weighted by molar-refractivity contribution is 0.234. The summed E-state index contributed by atoms with van der Waals surface area (Å²) >= 11 is 0. The quantitative estimate of drug-likeness (QED) is 0.814. The van der Waals surface area contributed by atoms with E-state index in [1.807, 2.05) is 13.8 Å². The molecule has 1 aliphatic rings. The third kappa shape index (κ3) is 5.31. The molecule has 0 aromatic rings. The Morgan fingerprint density at radius 3 is 2.30 bits per heavy atom. The van der Waals surface area contributed by atoms with Gasteiger partial charge in [-0.25, -0.2) is 0 Å². The molecule has 1 unspecified atom stereocenters. The maximum absolute atomic E-state index is 12.6. The van der Waals surface area contributed by atoms with Crippen molar-refractivity contribution in [3.05, 3.63) is 0 Å². The van der Waals surface area contributed by atoms with Gasteiger partial charge in [-0.05, 0) is 38.5 Å². The molecule has 0 aromatic carbocycles. The smallest absolute Gasteiger partial charge is 0.280 e. The first-order chi connectivity index (χ1) is 8.97. The van der Waals surface area contributed by atoms with Crippen LogP contribution < -0.4 is 10.5 Å². The Kier molecular flexibility index (Phi) is 5.63. The van der Waals surface area contributed by atoms with Crippen LogP contribution in [-0.2, 0) is 10.2 Å². The molecule has 3 N–H and O–H groups in total. The van der Waals surface area contributed by atoms with E-state index in [0.29, 0.717) is 13.1 Å². The highest BCUT2D eigenvalue weighted by atomic mass is 32.2. The molecule has 1 fully saturated rings. The molecular weight excluding hydrogens is 274 g/mol. The summed E-state index contributed by atoms with van der Waals surface area (Å²) in [6, 6.07) is -0.0633.